The third-order valence-electron chi connectivity index (χ3n) is 8.53. The van der Waals surface area contributed by atoms with E-state index in [4.69, 9.17) is 0 Å². The van der Waals surface area contributed by atoms with Crippen LogP contribution in [0.15, 0.2) is 97.1 Å². The van der Waals surface area contributed by atoms with Crippen LogP contribution >= 0.6 is 0 Å². The van der Waals surface area contributed by atoms with Crippen LogP contribution in [0.3, 0.4) is 0 Å². The average Bonchev–Trinajstić information content (AvgIpc) is 2.91. The zero-order valence-corrected chi connectivity index (χ0v) is 22.2. The van der Waals surface area contributed by atoms with Crippen molar-refractivity contribution in [2.75, 3.05) is 0 Å². The summed E-state index contributed by atoms with van der Waals surface area (Å²) in [5, 5.41) is 13.6. The molecule has 0 spiro atoms. The topological polar surface area (TPSA) is 0 Å². The summed E-state index contributed by atoms with van der Waals surface area (Å²) in [6, 6.07) is 37.1. The molecule has 0 aliphatic carbocycles. The van der Waals surface area contributed by atoms with Gasteiger partial charge in [-0.2, -0.15) is 0 Å². The molecule has 0 unspecified atom stereocenters. The second-order valence-electron chi connectivity index (χ2n) is 11.3. The van der Waals surface area contributed by atoms with Crippen molar-refractivity contribution >= 4 is 53.9 Å². The van der Waals surface area contributed by atoms with Gasteiger partial charge in [0.25, 0.3) is 0 Å². The van der Waals surface area contributed by atoms with E-state index in [-0.39, 0.29) is 0 Å². The largest absolute Gasteiger partial charge is 0.0587 e. The van der Waals surface area contributed by atoms with Crippen LogP contribution in [0, 0.1) is 27.7 Å². The number of hydrogen-bond donors (Lipinski definition) is 0. The van der Waals surface area contributed by atoms with Gasteiger partial charge in [0.2, 0.25) is 0 Å². The van der Waals surface area contributed by atoms with Crippen LogP contribution in [-0.2, 0) is 0 Å². The lowest BCUT2D eigenvalue weighted by Gasteiger charge is -2.24. The van der Waals surface area contributed by atoms with E-state index in [1.165, 1.54) is 98.4 Å². The van der Waals surface area contributed by atoms with Crippen LogP contribution in [0.25, 0.3) is 76.1 Å². The molecule has 0 aliphatic rings. The van der Waals surface area contributed by atoms with Gasteiger partial charge < -0.3 is 0 Å². The Balaban J connectivity index is 1.71. The van der Waals surface area contributed by atoms with Gasteiger partial charge in [-0.25, -0.2) is 0 Å². The molecule has 0 atom stereocenters. The maximum Gasteiger partial charge on any atom is -0.000741 e. The highest BCUT2D eigenvalue weighted by Crippen LogP contribution is 2.52. The minimum atomic E-state index is 1.29. The first-order valence-corrected chi connectivity index (χ1v) is 13.5. The highest BCUT2D eigenvalue weighted by Gasteiger charge is 2.23. The van der Waals surface area contributed by atoms with Gasteiger partial charge in [0.15, 0.2) is 0 Å². The predicted molar refractivity (Wildman–Crippen MR) is 166 cm³/mol. The van der Waals surface area contributed by atoms with Crippen LogP contribution in [0.4, 0.5) is 0 Å². The molecule has 8 aromatic carbocycles. The van der Waals surface area contributed by atoms with E-state index in [0.29, 0.717) is 0 Å². The fraction of sp³-hybridized carbons (Fsp3) is 0.105. The Morgan fingerprint density at radius 1 is 0.316 bits per heavy atom. The molecule has 0 amide bonds. The number of hydrogen-bond acceptors (Lipinski definition) is 0. The quantitative estimate of drug-likeness (QED) is 0.169. The summed E-state index contributed by atoms with van der Waals surface area (Å²) in [6.45, 7) is 8.78. The fourth-order valence-corrected chi connectivity index (χ4v) is 6.92. The Morgan fingerprint density at radius 3 is 1.11 bits per heavy atom. The fourth-order valence-electron chi connectivity index (χ4n) is 6.92. The first-order chi connectivity index (χ1) is 18.5. The molecule has 0 nitrogen and oxygen atoms in total. The molecular formula is C38H28. The van der Waals surface area contributed by atoms with Crippen molar-refractivity contribution < 1.29 is 0 Å². The van der Waals surface area contributed by atoms with Crippen molar-refractivity contribution in [3.05, 3.63) is 119 Å². The third kappa shape index (κ3) is 2.86. The average molecular weight is 485 g/mol. The lowest BCUT2D eigenvalue weighted by atomic mass is 9.79. The van der Waals surface area contributed by atoms with Gasteiger partial charge in [-0.3, -0.25) is 0 Å². The van der Waals surface area contributed by atoms with Crippen molar-refractivity contribution in [1.29, 1.82) is 0 Å². The second-order valence-corrected chi connectivity index (χ2v) is 11.3. The molecule has 38 heavy (non-hydrogen) atoms. The van der Waals surface area contributed by atoms with E-state index in [1.807, 2.05) is 0 Å². The lowest BCUT2D eigenvalue weighted by Crippen LogP contribution is -1.96. The molecule has 0 heterocycles. The van der Waals surface area contributed by atoms with E-state index in [1.54, 1.807) is 0 Å². The smallest absolute Gasteiger partial charge is 0.000741 e. The van der Waals surface area contributed by atoms with Gasteiger partial charge in [-0.15, -0.1) is 0 Å². The van der Waals surface area contributed by atoms with Crippen LogP contribution < -0.4 is 0 Å². The molecule has 8 aromatic rings. The van der Waals surface area contributed by atoms with Crippen LogP contribution in [-0.4, -0.2) is 0 Å². The van der Waals surface area contributed by atoms with E-state index < -0.39 is 0 Å². The first kappa shape index (κ1) is 21.6. The summed E-state index contributed by atoms with van der Waals surface area (Å²) in [7, 11) is 0. The first-order valence-electron chi connectivity index (χ1n) is 13.5. The molecule has 0 aromatic heterocycles. The Labute approximate surface area is 222 Å². The summed E-state index contributed by atoms with van der Waals surface area (Å²) in [5.41, 5.74) is 10.5. The molecule has 0 saturated heterocycles. The second kappa shape index (κ2) is 7.55. The number of aryl methyl sites for hydroxylation is 4. The normalized spacial score (nSPS) is 12.2. The zero-order valence-electron chi connectivity index (χ0n) is 22.2. The summed E-state index contributed by atoms with van der Waals surface area (Å²) >= 11 is 0. The van der Waals surface area contributed by atoms with E-state index in [2.05, 4.69) is 125 Å². The third-order valence-corrected chi connectivity index (χ3v) is 8.53. The van der Waals surface area contributed by atoms with E-state index >= 15 is 0 Å². The van der Waals surface area contributed by atoms with Crippen molar-refractivity contribution in [1.82, 2.24) is 0 Å². The molecule has 0 aliphatic heterocycles. The monoisotopic (exact) mass is 484 g/mol. The SMILES string of the molecule is Cc1ccc(-c2c3cc(C)cc4ccc5c(-c6ccc(C)cc6)c6cc(C)cc7ccc2c(c76)c5c43)cc1. The Bertz CT molecular complexity index is 2020. The standard InChI is InChI=1S/C38H28/c1-21-5-9-25(10-6-21)33-29-15-13-28-18-24(4)20-32-34(26-11-7-22(2)8-12-26)30-16-14-27-17-23(3)19-31(33)35(27)38(30)37(29)36(28)32/h5-20H,1-4H3. The highest BCUT2D eigenvalue weighted by molar-refractivity contribution is 6.42. The van der Waals surface area contributed by atoms with Crippen LogP contribution in [0.5, 0.6) is 0 Å². The maximum atomic E-state index is 2.40. The van der Waals surface area contributed by atoms with Crippen molar-refractivity contribution in [2.45, 2.75) is 27.7 Å². The van der Waals surface area contributed by atoms with Gasteiger partial charge in [0.05, 0.1) is 0 Å². The molecular weight excluding hydrogens is 456 g/mol. The molecule has 8 rings (SSSR count). The van der Waals surface area contributed by atoms with Gasteiger partial charge in [-0.05, 0) is 115 Å². The molecule has 0 N–H and O–H groups in total. The van der Waals surface area contributed by atoms with Crippen molar-refractivity contribution in [3.63, 3.8) is 0 Å². The lowest BCUT2D eigenvalue weighted by molar-refractivity contribution is 1.47. The van der Waals surface area contributed by atoms with Crippen molar-refractivity contribution in [2.24, 2.45) is 0 Å². The van der Waals surface area contributed by atoms with E-state index in [9.17, 15) is 0 Å². The summed E-state index contributed by atoms with van der Waals surface area (Å²) in [6.07, 6.45) is 0. The predicted octanol–water partition coefficient (Wildman–Crippen LogP) is 10.9. The molecule has 0 heteroatoms. The van der Waals surface area contributed by atoms with Gasteiger partial charge in [-0.1, -0.05) is 108 Å². The van der Waals surface area contributed by atoms with E-state index in [0.717, 1.165) is 0 Å². The Hall–Kier alpha value is -4.42. The van der Waals surface area contributed by atoms with Crippen molar-refractivity contribution in [3.8, 4) is 22.3 Å². The van der Waals surface area contributed by atoms with Crippen LogP contribution in [0.2, 0.25) is 0 Å². The zero-order chi connectivity index (χ0) is 25.7. The Kier molecular flexibility index (Phi) is 4.30. The van der Waals surface area contributed by atoms with Gasteiger partial charge >= 0.3 is 0 Å². The van der Waals surface area contributed by atoms with Gasteiger partial charge in [0, 0.05) is 0 Å². The molecule has 180 valence electrons. The van der Waals surface area contributed by atoms with Crippen LogP contribution in [0.1, 0.15) is 22.3 Å². The minimum absolute atomic E-state index is 1.29. The molecule has 0 saturated carbocycles. The maximum absolute atomic E-state index is 2.40. The summed E-state index contributed by atoms with van der Waals surface area (Å²) in [4.78, 5) is 0. The summed E-state index contributed by atoms with van der Waals surface area (Å²) < 4.78 is 0. The van der Waals surface area contributed by atoms with Gasteiger partial charge in [0.1, 0.15) is 0 Å². The molecule has 0 bridgehead atoms. The molecule has 0 fully saturated rings. The highest BCUT2D eigenvalue weighted by atomic mass is 14.3. The minimum Gasteiger partial charge on any atom is -0.0587 e. The number of rotatable bonds is 2. The number of benzene rings is 8. The Morgan fingerprint density at radius 2 is 0.711 bits per heavy atom. The summed E-state index contributed by atoms with van der Waals surface area (Å²) in [5.74, 6) is 0. The molecule has 0 radical (unpaired) electrons.